The molecule has 1 rings (SSSR count). The van der Waals surface area contributed by atoms with E-state index in [0.29, 0.717) is 0 Å². The predicted octanol–water partition coefficient (Wildman–Crippen LogP) is 7.98. The molecule has 0 aliphatic heterocycles. The van der Waals surface area contributed by atoms with Crippen LogP contribution < -0.4 is 0 Å². The van der Waals surface area contributed by atoms with Crippen molar-refractivity contribution in [1.29, 1.82) is 0 Å². The monoisotopic (exact) mass is 316 g/mol. The lowest BCUT2D eigenvalue weighted by molar-refractivity contribution is 0.464. The minimum absolute atomic E-state index is 0.786. The van der Waals surface area contributed by atoms with Gasteiger partial charge in [-0.05, 0) is 36.2 Å². The fraction of sp³-hybridized carbons (Fsp3) is 0.739. The molecule has 0 aliphatic carbocycles. The summed E-state index contributed by atoms with van der Waals surface area (Å²) < 4.78 is 0. The van der Waals surface area contributed by atoms with Gasteiger partial charge in [0.1, 0.15) is 0 Å². The third kappa shape index (κ3) is 10.6. The maximum atomic E-state index is 2.34. The van der Waals surface area contributed by atoms with Crippen LogP contribution in [-0.2, 0) is 0 Å². The minimum Gasteiger partial charge on any atom is -0.0628 e. The maximum absolute atomic E-state index is 2.34. The Morgan fingerprint density at radius 1 is 0.565 bits per heavy atom. The SMILES string of the molecule is CC(C)CCCCCC(CCCCCC(C)C)c1ccccc1. The largest absolute Gasteiger partial charge is 0.0628 e. The Hall–Kier alpha value is -0.780. The summed E-state index contributed by atoms with van der Waals surface area (Å²) in [5.41, 5.74) is 1.57. The van der Waals surface area contributed by atoms with Gasteiger partial charge in [-0.25, -0.2) is 0 Å². The molecule has 0 saturated carbocycles. The van der Waals surface area contributed by atoms with Gasteiger partial charge in [-0.15, -0.1) is 0 Å². The van der Waals surface area contributed by atoms with Crippen molar-refractivity contribution < 1.29 is 0 Å². The van der Waals surface area contributed by atoms with Crippen LogP contribution in [0.15, 0.2) is 30.3 Å². The summed E-state index contributed by atoms with van der Waals surface area (Å²) in [6.45, 7) is 9.35. The highest BCUT2D eigenvalue weighted by atomic mass is 14.2. The fourth-order valence-corrected chi connectivity index (χ4v) is 3.44. The second-order valence-electron chi connectivity index (χ2n) is 8.17. The van der Waals surface area contributed by atoms with E-state index in [-0.39, 0.29) is 0 Å². The molecular formula is C23H40. The van der Waals surface area contributed by atoms with Gasteiger partial charge in [0.2, 0.25) is 0 Å². The van der Waals surface area contributed by atoms with Crippen LogP contribution in [0.4, 0.5) is 0 Å². The first-order valence-electron chi connectivity index (χ1n) is 10.1. The molecule has 0 heteroatoms. The van der Waals surface area contributed by atoms with E-state index in [1.807, 2.05) is 0 Å². The van der Waals surface area contributed by atoms with E-state index in [4.69, 9.17) is 0 Å². The highest BCUT2D eigenvalue weighted by Gasteiger charge is 2.11. The van der Waals surface area contributed by atoms with Crippen LogP contribution in [-0.4, -0.2) is 0 Å². The average Bonchev–Trinajstić information content (AvgIpc) is 2.52. The Labute approximate surface area is 146 Å². The standard InChI is InChI=1S/C23H40/c1-20(2)14-8-5-10-16-22(23-18-12-7-13-19-23)17-11-6-9-15-21(3)4/h7,12-13,18-22H,5-6,8-11,14-17H2,1-4H3. The van der Waals surface area contributed by atoms with Crippen molar-refractivity contribution in [2.45, 2.75) is 97.8 Å². The molecule has 0 fully saturated rings. The molecule has 0 radical (unpaired) electrons. The Kier molecular flexibility index (Phi) is 11.1. The third-order valence-electron chi connectivity index (χ3n) is 4.94. The summed E-state index contributed by atoms with van der Waals surface area (Å²) in [6.07, 6.45) is 14.0. The van der Waals surface area contributed by atoms with Gasteiger partial charge < -0.3 is 0 Å². The van der Waals surface area contributed by atoms with Crippen molar-refractivity contribution in [3.8, 4) is 0 Å². The molecule has 0 nitrogen and oxygen atoms in total. The number of rotatable bonds is 13. The van der Waals surface area contributed by atoms with Crippen LogP contribution in [0.1, 0.15) is 103 Å². The summed E-state index contributed by atoms with van der Waals surface area (Å²) in [6, 6.07) is 11.2. The Bertz CT molecular complexity index is 345. The Morgan fingerprint density at radius 2 is 1.00 bits per heavy atom. The van der Waals surface area contributed by atoms with Gasteiger partial charge in [-0.2, -0.15) is 0 Å². The van der Waals surface area contributed by atoms with E-state index in [9.17, 15) is 0 Å². The number of benzene rings is 1. The van der Waals surface area contributed by atoms with Crippen LogP contribution >= 0.6 is 0 Å². The topological polar surface area (TPSA) is 0 Å². The number of hydrogen-bond acceptors (Lipinski definition) is 0. The highest BCUT2D eigenvalue weighted by molar-refractivity contribution is 5.19. The van der Waals surface area contributed by atoms with E-state index in [1.165, 1.54) is 64.2 Å². The lowest BCUT2D eigenvalue weighted by Gasteiger charge is -2.18. The molecule has 0 amide bonds. The molecule has 0 spiro atoms. The molecular weight excluding hydrogens is 276 g/mol. The highest BCUT2D eigenvalue weighted by Crippen LogP contribution is 2.28. The predicted molar refractivity (Wildman–Crippen MR) is 105 cm³/mol. The fourth-order valence-electron chi connectivity index (χ4n) is 3.44. The second-order valence-corrected chi connectivity index (χ2v) is 8.17. The quantitative estimate of drug-likeness (QED) is 0.323. The molecule has 132 valence electrons. The van der Waals surface area contributed by atoms with E-state index in [1.54, 1.807) is 5.56 Å². The van der Waals surface area contributed by atoms with Gasteiger partial charge in [0, 0.05) is 0 Å². The van der Waals surface area contributed by atoms with E-state index >= 15 is 0 Å². The van der Waals surface area contributed by atoms with Crippen molar-refractivity contribution in [2.75, 3.05) is 0 Å². The summed E-state index contributed by atoms with van der Waals surface area (Å²) in [4.78, 5) is 0. The summed E-state index contributed by atoms with van der Waals surface area (Å²) in [5.74, 6) is 2.51. The molecule has 0 aliphatic rings. The summed E-state index contributed by atoms with van der Waals surface area (Å²) in [5, 5.41) is 0. The maximum Gasteiger partial charge on any atom is -0.0162 e. The van der Waals surface area contributed by atoms with Crippen molar-refractivity contribution in [1.82, 2.24) is 0 Å². The van der Waals surface area contributed by atoms with Gasteiger partial charge in [0.25, 0.3) is 0 Å². The van der Waals surface area contributed by atoms with Crippen LogP contribution in [0, 0.1) is 11.8 Å². The van der Waals surface area contributed by atoms with Crippen molar-refractivity contribution in [3.05, 3.63) is 35.9 Å². The molecule has 23 heavy (non-hydrogen) atoms. The molecule has 0 bridgehead atoms. The first-order chi connectivity index (χ1) is 11.1. The van der Waals surface area contributed by atoms with Gasteiger partial charge in [0.15, 0.2) is 0 Å². The smallest absolute Gasteiger partial charge is 0.0162 e. The third-order valence-corrected chi connectivity index (χ3v) is 4.94. The summed E-state index contributed by atoms with van der Waals surface area (Å²) in [7, 11) is 0. The molecule has 0 N–H and O–H groups in total. The lowest BCUT2D eigenvalue weighted by atomic mass is 9.88. The molecule has 1 aromatic carbocycles. The van der Waals surface area contributed by atoms with Gasteiger partial charge in [-0.1, -0.05) is 109 Å². The van der Waals surface area contributed by atoms with Crippen molar-refractivity contribution in [3.63, 3.8) is 0 Å². The zero-order valence-electron chi connectivity index (χ0n) is 16.2. The normalized spacial score (nSPS) is 11.8. The Balaban J connectivity index is 2.32. The van der Waals surface area contributed by atoms with Gasteiger partial charge in [-0.3, -0.25) is 0 Å². The van der Waals surface area contributed by atoms with Crippen LogP contribution in [0.5, 0.6) is 0 Å². The molecule has 0 saturated heterocycles. The first-order valence-corrected chi connectivity index (χ1v) is 10.1. The van der Waals surface area contributed by atoms with E-state index < -0.39 is 0 Å². The molecule has 0 heterocycles. The molecule has 0 atom stereocenters. The van der Waals surface area contributed by atoms with Crippen molar-refractivity contribution >= 4 is 0 Å². The zero-order chi connectivity index (χ0) is 16.9. The lowest BCUT2D eigenvalue weighted by Crippen LogP contribution is -2.00. The van der Waals surface area contributed by atoms with Crippen molar-refractivity contribution in [2.24, 2.45) is 11.8 Å². The van der Waals surface area contributed by atoms with Gasteiger partial charge in [0.05, 0.1) is 0 Å². The number of unbranched alkanes of at least 4 members (excludes halogenated alkanes) is 4. The zero-order valence-corrected chi connectivity index (χ0v) is 16.2. The van der Waals surface area contributed by atoms with Crippen LogP contribution in [0.2, 0.25) is 0 Å². The molecule has 1 aromatic rings. The van der Waals surface area contributed by atoms with Gasteiger partial charge >= 0.3 is 0 Å². The number of hydrogen-bond donors (Lipinski definition) is 0. The minimum atomic E-state index is 0.786. The summed E-state index contributed by atoms with van der Waals surface area (Å²) >= 11 is 0. The molecule has 0 unspecified atom stereocenters. The Morgan fingerprint density at radius 3 is 1.43 bits per heavy atom. The molecule has 0 aromatic heterocycles. The van der Waals surface area contributed by atoms with E-state index in [0.717, 1.165) is 17.8 Å². The first kappa shape index (κ1) is 20.3. The van der Waals surface area contributed by atoms with Crippen LogP contribution in [0.25, 0.3) is 0 Å². The van der Waals surface area contributed by atoms with E-state index in [2.05, 4.69) is 58.0 Å². The van der Waals surface area contributed by atoms with Crippen LogP contribution in [0.3, 0.4) is 0 Å². The average molecular weight is 317 g/mol. The second kappa shape index (κ2) is 12.6.